The Balaban J connectivity index is 2.62. The Labute approximate surface area is 117 Å². The largest absolute Gasteiger partial charge is 0.497 e. The van der Waals surface area contributed by atoms with Crippen LogP contribution in [-0.2, 0) is 4.79 Å². The van der Waals surface area contributed by atoms with Crippen molar-refractivity contribution >= 4 is 12.0 Å². The molecule has 1 N–H and O–H groups in total. The molecule has 1 aromatic rings. The number of carboxylic acid groups (broad SMARTS) is 1. The highest BCUT2D eigenvalue weighted by Gasteiger charge is 2.49. The average Bonchev–Trinajstić information content (AvgIpc) is 2.43. The van der Waals surface area contributed by atoms with Crippen molar-refractivity contribution in [2.75, 3.05) is 14.2 Å². The second-order valence-electron chi connectivity index (χ2n) is 4.19. The normalized spacial score (nSPS) is 17.4. The highest BCUT2D eigenvalue weighted by Crippen LogP contribution is 2.44. The van der Waals surface area contributed by atoms with Gasteiger partial charge in [-0.05, 0) is 12.1 Å². The quantitative estimate of drug-likeness (QED) is 0.929. The van der Waals surface area contributed by atoms with Crippen LogP contribution in [0.15, 0.2) is 17.7 Å². The lowest BCUT2D eigenvalue weighted by Crippen LogP contribution is -2.40. The van der Waals surface area contributed by atoms with Crippen molar-refractivity contribution in [3.63, 3.8) is 0 Å². The number of benzene rings is 1. The third kappa shape index (κ3) is 2.74. The third-order valence-corrected chi connectivity index (χ3v) is 2.89. The van der Waals surface area contributed by atoms with E-state index in [1.807, 2.05) is 0 Å². The molecular formula is C13H11F3O5. The van der Waals surface area contributed by atoms with Crippen LogP contribution in [0.4, 0.5) is 13.2 Å². The zero-order chi connectivity index (χ0) is 15.8. The van der Waals surface area contributed by atoms with E-state index in [2.05, 4.69) is 0 Å². The van der Waals surface area contributed by atoms with Crippen molar-refractivity contribution in [3.05, 3.63) is 23.3 Å². The molecule has 2 rings (SSSR count). The highest BCUT2D eigenvalue weighted by atomic mass is 19.4. The molecule has 0 bridgehead atoms. The first-order valence-electron chi connectivity index (χ1n) is 5.72. The summed E-state index contributed by atoms with van der Waals surface area (Å²) < 4.78 is 53.6. The molecule has 8 heteroatoms. The fraction of sp³-hybridized carbons (Fsp3) is 0.308. The fourth-order valence-electron chi connectivity index (χ4n) is 1.94. The Kier molecular flexibility index (Phi) is 3.71. The van der Waals surface area contributed by atoms with Crippen LogP contribution in [0, 0.1) is 0 Å². The van der Waals surface area contributed by atoms with Crippen LogP contribution in [0.1, 0.15) is 5.56 Å². The monoisotopic (exact) mass is 304 g/mol. The summed E-state index contributed by atoms with van der Waals surface area (Å²) in [6, 6.07) is 2.72. The minimum atomic E-state index is -4.85. The summed E-state index contributed by atoms with van der Waals surface area (Å²) >= 11 is 0. The molecule has 0 unspecified atom stereocenters. The van der Waals surface area contributed by atoms with Crippen LogP contribution in [0.2, 0.25) is 0 Å². The summed E-state index contributed by atoms with van der Waals surface area (Å²) in [6.07, 6.45) is -6.50. The van der Waals surface area contributed by atoms with Crippen molar-refractivity contribution in [2.24, 2.45) is 0 Å². The Hall–Kier alpha value is -2.38. The molecular weight excluding hydrogens is 293 g/mol. The molecule has 114 valence electrons. The number of carboxylic acids is 1. The van der Waals surface area contributed by atoms with Crippen LogP contribution in [0.5, 0.6) is 17.2 Å². The zero-order valence-electron chi connectivity index (χ0n) is 11.0. The molecule has 1 heterocycles. The van der Waals surface area contributed by atoms with Gasteiger partial charge in [-0.25, -0.2) is 4.79 Å². The second kappa shape index (κ2) is 5.19. The van der Waals surface area contributed by atoms with Gasteiger partial charge in [0.1, 0.15) is 5.75 Å². The smallest absolute Gasteiger partial charge is 0.430 e. The van der Waals surface area contributed by atoms with Gasteiger partial charge < -0.3 is 19.3 Å². The van der Waals surface area contributed by atoms with Crippen LogP contribution in [0.3, 0.4) is 0 Å². The maximum absolute atomic E-state index is 12.9. The molecule has 1 aromatic carbocycles. The first-order chi connectivity index (χ1) is 9.77. The highest BCUT2D eigenvalue weighted by molar-refractivity contribution is 5.95. The van der Waals surface area contributed by atoms with E-state index in [9.17, 15) is 18.0 Å². The standard InChI is InChI=1S/C13H11F3O5/c1-19-7-3-6-4-8(12(17)18)11(13(14,15)16)21-10(6)9(5-7)20-2/h3-5,11H,1-2H3,(H,17,18)/t11-/m0/s1. The first kappa shape index (κ1) is 15.0. The molecule has 0 aliphatic carbocycles. The van der Waals surface area contributed by atoms with E-state index < -0.39 is 23.8 Å². The lowest BCUT2D eigenvalue weighted by Gasteiger charge is -2.28. The SMILES string of the molecule is COc1cc2c(c(OC)c1)O[C@H](C(F)(F)F)C(C(=O)O)=C2. The Bertz CT molecular complexity index is 607. The van der Waals surface area contributed by atoms with Gasteiger partial charge in [-0.2, -0.15) is 13.2 Å². The number of halogens is 3. The van der Waals surface area contributed by atoms with Gasteiger partial charge in [-0.15, -0.1) is 0 Å². The molecule has 21 heavy (non-hydrogen) atoms. The van der Waals surface area contributed by atoms with Crippen molar-refractivity contribution in [2.45, 2.75) is 12.3 Å². The Morgan fingerprint density at radius 1 is 1.29 bits per heavy atom. The van der Waals surface area contributed by atoms with Gasteiger partial charge in [0.25, 0.3) is 0 Å². The number of rotatable bonds is 3. The molecule has 5 nitrogen and oxygen atoms in total. The van der Waals surface area contributed by atoms with Crippen molar-refractivity contribution < 1.29 is 37.3 Å². The molecule has 1 aliphatic heterocycles. The van der Waals surface area contributed by atoms with Crippen LogP contribution in [0.25, 0.3) is 6.08 Å². The van der Waals surface area contributed by atoms with Crippen molar-refractivity contribution in [1.82, 2.24) is 0 Å². The number of hydrogen-bond donors (Lipinski definition) is 1. The van der Waals surface area contributed by atoms with Gasteiger partial charge in [0.05, 0.1) is 19.8 Å². The van der Waals surface area contributed by atoms with Gasteiger partial charge in [0.2, 0.25) is 6.10 Å². The van der Waals surface area contributed by atoms with Gasteiger partial charge in [-0.1, -0.05) is 0 Å². The summed E-state index contributed by atoms with van der Waals surface area (Å²) in [7, 11) is 2.63. The predicted octanol–water partition coefficient (Wildman–Crippen LogP) is 2.50. The summed E-state index contributed by atoms with van der Waals surface area (Å²) in [4.78, 5) is 11.0. The molecule has 0 aromatic heterocycles. The van der Waals surface area contributed by atoms with E-state index >= 15 is 0 Å². The average molecular weight is 304 g/mol. The molecule has 1 aliphatic rings. The van der Waals surface area contributed by atoms with Crippen LogP contribution >= 0.6 is 0 Å². The molecule has 1 atom stereocenters. The second-order valence-corrected chi connectivity index (χ2v) is 4.19. The van der Waals surface area contributed by atoms with Crippen molar-refractivity contribution in [3.8, 4) is 17.2 Å². The summed E-state index contributed by atoms with van der Waals surface area (Å²) in [5, 5.41) is 8.94. The number of aliphatic carboxylic acids is 1. The minimum absolute atomic E-state index is 0.0271. The first-order valence-corrected chi connectivity index (χ1v) is 5.72. The molecule has 0 radical (unpaired) electrons. The van der Waals surface area contributed by atoms with Gasteiger partial charge >= 0.3 is 12.1 Å². The number of fused-ring (bicyclic) bond motifs is 1. The van der Waals surface area contributed by atoms with Crippen LogP contribution < -0.4 is 14.2 Å². The van der Waals surface area contributed by atoms with Crippen LogP contribution in [-0.4, -0.2) is 37.6 Å². The van der Waals surface area contributed by atoms with Gasteiger partial charge in [-0.3, -0.25) is 0 Å². The number of hydrogen-bond acceptors (Lipinski definition) is 4. The molecule has 0 saturated carbocycles. The number of carbonyl (C=O) groups is 1. The van der Waals surface area contributed by atoms with E-state index in [-0.39, 0.29) is 17.1 Å². The number of alkyl halides is 3. The summed E-state index contributed by atoms with van der Waals surface area (Å²) in [5.74, 6) is -1.55. The number of methoxy groups -OCH3 is 2. The van der Waals surface area contributed by atoms with E-state index in [1.54, 1.807) is 0 Å². The number of ether oxygens (including phenoxy) is 3. The Morgan fingerprint density at radius 2 is 1.95 bits per heavy atom. The lowest BCUT2D eigenvalue weighted by atomic mass is 10.0. The predicted molar refractivity (Wildman–Crippen MR) is 65.6 cm³/mol. The zero-order valence-corrected chi connectivity index (χ0v) is 11.0. The maximum atomic E-state index is 12.9. The molecule has 0 amide bonds. The van der Waals surface area contributed by atoms with Gasteiger partial charge in [0, 0.05) is 11.6 Å². The topological polar surface area (TPSA) is 65.0 Å². The molecule has 0 spiro atoms. The molecule has 0 fully saturated rings. The van der Waals surface area contributed by atoms with E-state index in [4.69, 9.17) is 19.3 Å². The van der Waals surface area contributed by atoms with Crippen molar-refractivity contribution in [1.29, 1.82) is 0 Å². The minimum Gasteiger partial charge on any atom is -0.497 e. The van der Waals surface area contributed by atoms with E-state index in [0.29, 0.717) is 5.75 Å². The maximum Gasteiger partial charge on any atom is 0.430 e. The fourth-order valence-corrected chi connectivity index (χ4v) is 1.94. The van der Waals surface area contributed by atoms with E-state index in [1.165, 1.54) is 26.4 Å². The van der Waals surface area contributed by atoms with Gasteiger partial charge in [0.15, 0.2) is 11.5 Å². The Morgan fingerprint density at radius 3 is 2.43 bits per heavy atom. The summed E-state index contributed by atoms with van der Waals surface area (Å²) in [5.41, 5.74) is -0.755. The molecule has 0 saturated heterocycles. The third-order valence-electron chi connectivity index (χ3n) is 2.89. The van der Waals surface area contributed by atoms with E-state index in [0.717, 1.165) is 6.08 Å². The lowest BCUT2D eigenvalue weighted by molar-refractivity contribution is -0.187. The summed E-state index contributed by atoms with van der Waals surface area (Å²) in [6.45, 7) is 0.